The number of anilines is 1. The molecule has 0 aliphatic heterocycles. The van der Waals surface area contributed by atoms with Gasteiger partial charge in [0.1, 0.15) is 23.2 Å². The van der Waals surface area contributed by atoms with Crippen molar-refractivity contribution in [3.63, 3.8) is 0 Å². The van der Waals surface area contributed by atoms with E-state index in [2.05, 4.69) is 26.5 Å². The fraction of sp³-hybridized carbons (Fsp3) is 0.0952. The number of fused-ring (bicyclic) bond motifs is 1. The van der Waals surface area contributed by atoms with E-state index in [1.165, 1.54) is 30.2 Å². The number of carbonyl (C=O) groups excluding carboxylic acids is 1. The van der Waals surface area contributed by atoms with Gasteiger partial charge in [0.25, 0.3) is 0 Å². The highest BCUT2D eigenvalue weighted by Crippen LogP contribution is 2.26. The standard InChI is InChI=1S/C21H15FN6OS/c22-15-5-7-16(8-6-15)28-20-17(12-26-28)21(25-13-24-20)30-10-9-19(29)27-18-4-2-1-3-14(18)11-23/h1-8,12-13H,9-10H2,(H,27,29). The molecule has 4 aromatic rings. The van der Waals surface area contributed by atoms with Crippen LogP contribution in [-0.2, 0) is 4.79 Å². The predicted octanol–water partition coefficient (Wildman–Crippen LogP) is 3.95. The van der Waals surface area contributed by atoms with Gasteiger partial charge in [-0.2, -0.15) is 10.4 Å². The summed E-state index contributed by atoms with van der Waals surface area (Å²) in [4.78, 5) is 20.8. The molecular formula is C21H15FN6OS. The summed E-state index contributed by atoms with van der Waals surface area (Å²) in [5, 5.41) is 17.7. The average molecular weight is 418 g/mol. The van der Waals surface area contributed by atoms with Gasteiger partial charge >= 0.3 is 0 Å². The number of hydrogen-bond acceptors (Lipinski definition) is 6. The number of nitrogens with one attached hydrogen (secondary N) is 1. The van der Waals surface area contributed by atoms with Gasteiger partial charge in [0.2, 0.25) is 5.91 Å². The van der Waals surface area contributed by atoms with E-state index in [9.17, 15) is 9.18 Å². The van der Waals surface area contributed by atoms with Gasteiger partial charge in [0, 0.05) is 12.2 Å². The Morgan fingerprint density at radius 1 is 1.17 bits per heavy atom. The number of para-hydroxylation sites is 1. The number of rotatable bonds is 6. The summed E-state index contributed by atoms with van der Waals surface area (Å²) in [6.07, 6.45) is 3.35. The summed E-state index contributed by atoms with van der Waals surface area (Å²) in [6, 6.07) is 14.9. The summed E-state index contributed by atoms with van der Waals surface area (Å²) in [5.41, 5.74) is 2.22. The fourth-order valence-corrected chi connectivity index (χ4v) is 3.75. The Labute approximate surface area is 175 Å². The Morgan fingerprint density at radius 3 is 2.77 bits per heavy atom. The van der Waals surface area contributed by atoms with E-state index < -0.39 is 0 Å². The molecule has 0 bridgehead atoms. The molecule has 0 aliphatic carbocycles. The number of hydrogen-bond donors (Lipinski definition) is 1. The summed E-state index contributed by atoms with van der Waals surface area (Å²) in [5.74, 6) is -0.0109. The lowest BCUT2D eigenvalue weighted by Crippen LogP contribution is -2.13. The maximum atomic E-state index is 13.2. The smallest absolute Gasteiger partial charge is 0.225 e. The number of thioether (sulfide) groups is 1. The Balaban J connectivity index is 1.44. The zero-order chi connectivity index (χ0) is 20.9. The summed E-state index contributed by atoms with van der Waals surface area (Å²) < 4.78 is 14.8. The molecule has 4 rings (SSSR count). The molecule has 0 atom stereocenters. The lowest BCUT2D eigenvalue weighted by molar-refractivity contribution is -0.115. The molecule has 30 heavy (non-hydrogen) atoms. The minimum atomic E-state index is -0.322. The third-order valence-corrected chi connectivity index (χ3v) is 5.30. The van der Waals surface area contributed by atoms with Crippen LogP contribution in [0, 0.1) is 17.1 Å². The van der Waals surface area contributed by atoms with Gasteiger partial charge in [-0.15, -0.1) is 11.8 Å². The third kappa shape index (κ3) is 4.14. The Kier molecular flexibility index (Phi) is 5.68. The van der Waals surface area contributed by atoms with E-state index in [4.69, 9.17) is 5.26 Å². The molecule has 0 aliphatic rings. The topological polar surface area (TPSA) is 96.5 Å². The van der Waals surface area contributed by atoms with E-state index >= 15 is 0 Å². The molecule has 2 aromatic carbocycles. The van der Waals surface area contributed by atoms with Crippen LogP contribution in [0.15, 0.2) is 66.1 Å². The Morgan fingerprint density at radius 2 is 1.97 bits per heavy atom. The molecule has 0 saturated heterocycles. The number of carbonyl (C=O) groups is 1. The molecule has 9 heteroatoms. The number of nitriles is 1. The number of halogens is 1. The molecule has 0 unspecified atom stereocenters. The van der Waals surface area contributed by atoms with E-state index in [0.717, 1.165) is 5.39 Å². The predicted molar refractivity (Wildman–Crippen MR) is 112 cm³/mol. The van der Waals surface area contributed by atoms with Gasteiger partial charge in [-0.25, -0.2) is 19.0 Å². The van der Waals surface area contributed by atoms with Crippen LogP contribution in [0.1, 0.15) is 12.0 Å². The van der Waals surface area contributed by atoms with Gasteiger partial charge in [0.05, 0.1) is 28.5 Å². The number of benzene rings is 2. The largest absolute Gasteiger partial charge is 0.325 e. The van der Waals surface area contributed by atoms with Crippen LogP contribution in [-0.4, -0.2) is 31.4 Å². The minimum Gasteiger partial charge on any atom is -0.325 e. The summed E-state index contributed by atoms with van der Waals surface area (Å²) in [6.45, 7) is 0. The van der Waals surface area contributed by atoms with Crippen molar-refractivity contribution in [3.8, 4) is 11.8 Å². The molecule has 148 valence electrons. The zero-order valence-corrected chi connectivity index (χ0v) is 16.4. The van der Waals surface area contributed by atoms with Crippen LogP contribution >= 0.6 is 11.8 Å². The van der Waals surface area contributed by atoms with Crippen LogP contribution in [0.4, 0.5) is 10.1 Å². The van der Waals surface area contributed by atoms with Gasteiger partial charge in [0.15, 0.2) is 5.65 Å². The molecule has 7 nitrogen and oxygen atoms in total. The van der Waals surface area contributed by atoms with Crippen molar-refractivity contribution in [2.24, 2.45) is 0 Å². The van der Waals surface area contributed by atoms with Crippen molar-refractivity contribution in [2.75, 3.05) is 11.1 Å². The Hall–Kier alpha value is -3.77. The lowest BCUT2D eigenvalue weighted by Gasteiger charge is -2.07. The molecule has 1 N–H and O–H groups in total. The normalized spacial score (nSPS) is 10.7. The van der Waals surface area contributed by atoms with Gasteiger partial charge in [-0.05, 0) is 36.4 Å². The average Bonchev–Trinajstić information content (AvgIpc) is 3.20. The van der Waals surface area contributed by atoms with Crippen molar-refractivity contribution >= 4 is 34.4 Å². The zero-order valence-electron chi connectivity index (χ0n) is 15.6. The first-order chi connectivity index (χ1) is 14.7. The Bertz CT molecular complexity index is 1250. The maximum absolute atomic E-state index is 13.2. The molecule has 1 amide bonds. The molecule has 2 aromatic heterocycles. The third-order valence-electron chi connectivity index (χ3n) is 4.29. The molecule has 2 heterocycles. The monoisotopic (exact) mass is 418 g/mol. The second-order valence-corrected chi connectivity index (χ2v) is 7.34. The molecule has 0 radical (unpaired) electrons. The van der Waals surface area contributed by atoms with Crippen LogP contribution in [0.25, 0.3) is 16.7 Å². The van der Waals surface area contributed by atoms with Crippen LogP contribution in [0.3, 0.4) is 0 Å². The van der Waals surface area contributed by atoms with Crippen molar-refractivity contribution in [3.05, 3.63) is 72.4 Å². The first-order valence-electron chi connectivity index (χ1n) is 9.02. The van der Waals surface area contributed by atoms with Crippen LogP contribution in [0.2, 0.25) is 0 Å². The molecular weight excluding hydrogens is 403 g/mol. The molecule has 0 saturated carbocycles. The number of aromatic nitrogens is 4. The highest BCUT2D eigenvalue weighted by molar-refractivity contribution is 7.99. The van der Waals surface area contributed by atoms with Crippen molar-refractivity contribution < 1.29 is 9.18 Å². The second-order valence-electron chi connectivity index (χ2n) is 6.25. The summed E-state index contributed by atoms with van der Waals surface area (Å²) >= 11 is 1.42. The van der Waals surface area contributed by atoms with Crippen molar-refractivity contribution in [1.82, 2.24) is 19.7 Å². The van der Waals surface area contributed by atoms with Crippen LogP contribution < -0.4 is 5.32 Å². The first kappa shape index (κ1) is 19.5. The second kappa shape index (κ2) is 8.71. The lowest BCUT2D eigenvalue weighted by atomic mass is 10.2. The maximum Gasteiger partial charge on any atom is 0.225 e. The summed E-state index contributed by atoms with van der Waals surface area (Å²) in [7, 11) is 0. The SMILES string of the molecule is N#Cc1ccccc1NC(=O)CCSc1ncnc2c1cnn2-c1ccc(F)cc1. The quantitative estimate of drug-likeness (QED) is 0.376. The van der Waals surface area contributed by atoms with Gasteiger partial charge in [-0.3, -0.25) is 4.79 Å². The molecule has 0 fully saturated rings. The van der Waals surface area contributed by atoms with Crippen molar-refractivity contribution in [2.45, 2.75) is 11.4 Å². The number of amides is 1. The first-order valence-corrected chi connectivity index (χ1v) is 10.0. The highest BCUT2D eigenvalue weighted by atomic mass is 32.2. The number of nitrogens with zero attached hydrogens (tertiary/aromatic N) is 5. The van der Waals surface area contributed by atoms with E-state index in [-0.39, 0.29) is 18.1 Å². The van der Waals surface area contributed by atoms with E-state index in [1.54, 1.807) is 47.3 Å². The van der Waals surface area contributed by atoms with E-state index in [0.29, 0.717) is 33.4 Å². The van der Waals surface area contributed by atoms with Gasteiger partial charge in [-0.1, -0.05) is 12.1 Å². The van der Waals surface area contributed by atoms with Crippen molar-refractivity contribution in [1.29, 1.82) is 5.26 Å². The van der Waals surface area contributed by atoms with Crippen LogP contribution in [0.5, 0.6) is 0 Å². The fourth-order valence-electron chi connectivity index (χ4n) is 2.85. The minimum absolute atomic E-state index is 0.183. The van der Waals surface area contributed by atoms with E-state index in [1.807, 2.05) is 0 Å². The highest BCUT2D eigenvalue weighted by Gasteiger charge is 2.13. The molecule has 0 spiro atoms. The van der Waals surface area contributed by atoms with Gasteiger partial charge < -0.3 is 5.32 Å².